The molecule has 0 aromatic rings. The van der Waals surface area contributed by atoms with Crippen molar-refractivity contribution in [2.45, 2.75) is 13.3 Å². The fourth-order valence-electron chi connectivity index (χ4n) is 0.183. The van der Waals surface area contributed by atoms with E-state index in [1.54, 1.807) is 7.05 Å². The van der Waals surface area contributed by atoms with Crippen LogP contribution in [0.2, 0.25) is 0 Å². The maximum Gasteiger partial charge on any atom is 0.0239 e. The molecule has 1 N–H and O–H groups in total. The summed E-state index contributed by atoms with van der Waals surface area (Å²) in [6, 6.07) is 0. The molecule has 0 atom stereocenters. The van der Waals surface area contributed by atoms with Gasteiger partial charge in [-0.15, -0.1) is 0 Å². The largest absolute Gasteiger partial charge is 0.313 e. The predicted octanol–water partition coefficient (Wildman–Crippen LogP) is 0.602. The first-order chi connectivity index (χ1) is 2.91. The first-order valence-corrected chi connectivity index (χ1v) is 2.10. The Kier molecular flexibility index (Phi) is 4.08. The molecule has 0 radical (unpaired) electrons. The quantitative estimate of drug-likeness (QED) is 0.386. The average molecular weight is 86.1 g/mol. The van der Waals surface area contributed by atoms with Crippen molar-refractivity contribution in [1.29, 1.82) is 0 Å². The molecule has 0 saturated heterocycles. The highest BCUT2D eigenvalue weighted by atomic mass is 15.3. The molecule has 0 saturated carbocycles. The Balaban J connectivity index is 2.73. The smallest absolute Gasteiger partial charge is 0.0239 e. The van der Waals surface area contributed by atoms with E-state index in [1.807, 2.05) is 13.1 Å². The Hall–Kier alpha value is -0.530. The van der Waals surface area contributed by atoms with Gasteiger partial charge in [-0.05, 0) is 6.42 Å². The van der Waals surface area contributed by atoms with E-state index >= 15 is 0 Å². The van der Waals surface area contributed by atoms with Gasteiger partial charge >= 0.3 is 0 Å². The average Bonchev–Trinajstić information content (AvgIpc) is 1.61. The summed E-state index contributed by atoms with van der Waals surface area (Å²) in [5.41, 5.74) is 2.64. The molecule has 0 unspecified atom stereocenters. The SMILES string of the molecule is CC/C=N/NC. The van der Waals surface area contributed by atoms with Gasteiger partial charge in [-0.1, -0.05) is 6.92 Å². The van der Waals surface area contributed by atoms with Crippen molar-refractivity contribution in [3.05, 3.63) is 0 Å². The number of hydrogen-bond acceptors (Lipinski definition) is 2. The lowest BCUT2D eigenvalue weighted by Gasteiger charge is -1.79. The van der Waals surface area contributed by atoms with E-state index < -0.39 is 0 Å². The van der Waals surface area contributed by atoms with Crippen molar-refractivity contribution in [2.75, 3.05) is 7.05 Å². The number of hydrogen-bond donors (Lipinski definition) is 1. The minimum Gasteiger partial charge on any atom is -0.313 e. The van der Waals surface area contributed by atoms with E-state index in [0.717, 1.165) is 6.42 Å². The van der Waals surface area contributed by atoms with Gasteiger partial charge in [0.2, 0.25) is 0 Å². The first kappa shape index (κ1) is 5.47. The summed E-state index contributed by atoms with van der Waals surface area (Å²) in [5, 5.41) is 3.72. The zero-order valence-corrected chi connectivity index (χ0v) is 4.23. The van der Waals surface area contributed by atoms with E-state index in [4.69, 9.17) is 0 Å². The molecular weight excluding hydrogens is 76.1 g/mol. The maximum absolute atomic E-state index is 3.72. The van der Waals surface area contributed by atoms with E-state index in [9.17, 15) is 0 Å². The molecule has 0 rings (SSSR count). The highest BCUT2D eigenvalue weighted by Gasteiger charge is 1.57. The molecule has 2 heteroatoms. The van der Waals surface area contributed by atoms with E-state index in [0.29, 0.717) is 0 Å². The van der Waals surface area contributed by atoms with Gasteiger partial charge in [-0.25, -0.2) is 0 Å². The van der Waals surface area contributed by atoms with Crippen LogP contribution in [0.15, 0.2) is 5.10 Å². The van der Waals surface area contributed by atoms with Crippen LogP contribution in [0.3, 0.4) is 0 Å². The second-order valence-corrected chi connectivity index (χ2v) is 0.944. The van der Waals surface area contributed by atoms with Crippen LogP contribution in [-0.2, 0) is 0 Å². The summed E-state index contributed by atoms with van der Waals surface area (Å²) < 4.78 is 0. The van der Waals surface area contributed by atoms with Gasteiger partial charge in [-0.3, -0.25) is 0 Å². The van der Waals surface area contributed by atoms with Crippen molar-refractivity contribution < 1.29 is 0 Å². The number of hydrazone groups is 1. The van der Waals surface area contributed by atoms with E-state index in [2.05, 4.69) is 10.5 Å². The standard InChI is InChI=1S/C4H10N2/c1-3-4-6-5-2/h4-5H,3H2,1-2H3/b6-4+. The zero-order chi connectivity index (χ0) is 4.83. The van der Waals surface area contributed by atoms with E-state index in [-0.39, 0.29) is 0 Å². The maximum atomic E-state index is 3.72. The molecule has 0 heterocycles. The second-order valence-electron chi connectivity index (χ2n) is 0.944. The van der Waals surface area contributed by atoms with Crippen LogP contribution in [0.25, 0.3) is 0 Å². The van der Waals surface area contributed by atoms with Crippen molar-refractivity contribution in [3.63, 3.8) is 0 Å². The van der Waals surface area contributed by atoms with Gasteiger partial charge in [0.15, 0.2) is 0 Å². The fourth-order valence-corrected chi connectivity index (χ4v) is 0.183. The van der Waals surface area contributed by atoms with Crippen molar-refractivity contribution in [3.8, 4) is 0 Å². The minimum atomic E-state index is 1.00. The van der Waals surface area contributed by atoms with Crippen LogP contribution < -0.4 is 5.43 Å². The highest BCUT2D eigenvalue weighted by molar-refractivity contribution is 5.55. The fraction of sp³-hybridized carbons (Fsp3) is 0.750. The zero-order valence-electron chi connectivity index (χ0n) is 4.23. The normalized spacial score (nSPS) is 9.67. The van der Waals surface area contributed by atoms with Gasteiger partial charge in [0.25, 0.3) is 0 Å². The molecule has 0 amide bonds. The molecule has 0 aromatic heterocycles. The molecule has 6 heavy (non-hydrogen) atoms. The Labute approximate surface area is 38.2 Å². The molecule has 0 aromatic carbocycles. The Morgan fingerprint density at radius 1 is 1.83 bits per heavy atom. The summed E-state index contributed by atoms with van der Waals surface area (Å²) >= 11 is 0. The lowest BCUT2D eigenvalue weighted by Crippen LogP contribution is -1.92. The van der Waals surface area contributed by atoms with Gasteiger partial charge < -0.3 is 5.43 Å². The lowest BCUT2D eigenvalue weighted by molar-refractivity contribution is 0.901. The summed E-state index contributed by atoms with van der Waals surface area (Å²) in [4.78, 5) is 0. The van der Waals surface area contributed by atoms with Crippen LogP contribution in [0, 0.1) is 0 Å². The molecule has 0 aliphatic rings. The third kappa shape index (κ3) is 3.47. The third-order valence-electron chi connectivity index (χ3n) is 0.403. The van der Waals surface area contributed by atoms with Crippen molar-refractivity contribution >= 4 is 6.21 Å². The Morgan fingerprint density at radius 3 is 2.67 bits per heavy atom. The third-order valence-corrected chi connectivity index (χ3v) is 0.403. The molecular formula is C4H10N2. The van der Waals surface area contributed by atoms with Crippen molar-refractivity contribution in [2.24, 2.45) is 5.10 Å². The van der Waals surface area contributed by atoms with Crippen LogP contribution in [0.1, 0.15) is 13.3 Å². The minimum absolute atomic E-state index is 1.00. The van der Waals surface area contributed by atoms with Gasteiger partial charge in [0, 0.05) is 13.3 Å². The van der Waals surface area contributed by atoms with Gasteiger partial charge in [0.1, 0.15) is 0 Å². The number of rotatable bonds is 2. The van der Waals surface area contributed by atoms with Gasteiger partial charge in [0.05, 0.1) is 0 Å². The topological polar surface area (TPSA) is 24.4 Å². The molecule has 0 bridgehead atoms. The van der Waals surface area contributed by atoms with Crippen LogP contribution in [0.4, 0.5) is 0 Å². The number of nitrogens with zero attached hydrogens (tertiary/aromatic N) is 1. The van der Waals surface area contributed by atoms with Crippen LogP contribution in [-0.4, -0.2) is 13.3 Å². The monoisotopic (exact) mass is 86.1 g/mol. The molecule has 2 nitrogen and oxygen atoms in total. The number of nitrogens with one attached hydrogen (secondary N) is 1. The molecule has 0 fully saturated rings. The predicted molar refractivity (Wildman–Crippen MR) is 27.8 cm³/mol. The van der Waals surface area contributed by atoms with Crippen LogP contribution in [0.5, 0.6) is 0 Å². The molecule has 0 aliphatic carbocycles. The van der Waals surface area contributed by atoms with Crippen molar-refractivity contribution in [1.82, 2.24) is 5.43 Å². The summed E-state index contributed by atoms with van der Waals surface area (Å²) in [7, 11) is 1.78. The first-order valence-electron chi connectivity index (χ1n) is 2.10. The molecule has 36 valence electrons. The van der Waals surface area contributed by atoms with Crippen LogP contribution >= 0.6 is 0 Å². The summed E-state index contributed by atoms with van der Waals surface area (Å²) in [6.45, 7) is 2.04. The summed E-state index contributed by atoms with van der Waals surface area (Å²) in [6.07, 6.45) is 2.82. The second kappa shape index (κ2) is 4.47. The van der Waals surface area contributed by atoms with E-state index in [1.165, 1.54) is 0 Å². The molecule has 0 spiro atoms. The lowest BCUT2D eigenvalue weighted by atomic mass is 10.6. The Morgan fingerprint density at radius 2 is 2.50 bits per heavy atom. The van der Waals surface area contributed by atoms with Gasteiger partial charge in [-0.2, -0.15) is 5.10 Å². The summed E-state index contributed by atoms with van der Waals surface area (Å²) in [5.74, 6) is 0. The molecule has 0 aliphatic heterocycles. The highest BCUT2D eigenvalue weighted by Crippen LogP contribution is 1.61. The Bertz CT molecular complexity index is 34.8.